The molecule has 0 bridgehead atoms. The summed E-state index contributed by atoms with van der Waals surface area (Å²) in [4.78, 5) is 44.6. The first-order valence-electron chi connectivity index (χ1n) is 8.74. The zero-order chi connectivity index (χ0) is 19.9. The zero-order valence-corrected chi connectivity index (χ0v) is 16.2. The zero-order valence-electron chi connectivity index (χ0n) is 15.3. The SMILES string of the molecule is CN(Cc1nc2ccsc2c(=O)[nH]1)C(=O)CCNC(=O)/C=C/c1ccccc1. The van der Waals surface area contributed by atoms with Crippen LogP contribution >= 0.6 is 11.3 Å². The Morgan fingerprint density at radius 3 is 2.82 bits per heavy atom. The van der Waals surface area contributed by atoms with Crippen molar-refractivity contribution in [3.05, 3.63) is 69.6 Å². The van der Waals surface area contributed by atoms with Crippen LogP contribution in [0.5, 0.6) is 0 Å². The molecule has 0 aliphatic carbocycles. The molecule has 0 saturated carbocycles. The van der Waals surface area contributed by atoms with Crippen molar-refractivity contribution in [1.29, 1.82) is 0 Å². The molecule has 144 valence electrons. The van der Waals surface area contributed by atoms with Crippen molar-refractivity contribution in [3.63, 3.8) is 0 Å². The Hall–Kier alpha value is -3.26. The molecule has 0 saturated heterocycles. The van der Waals surface area contributed by atoms with Crippen molar-refractivity contribution in [2.45, 2.75) is 13.0 Å². The van der Waals surface area contributed by atoms with E-state index in [0.29, 0.717) is 16.0 Å². The molecule has 0 aliphatic heterocycles. The van der Waals surface area contributed by atoms with E-state index in [1.54, 1.807) is 24.6 Å². The highest BCUT2D eigenvalue weighted by molar-refractivity contribution is 7.17. The number of hydrogen-bond acceptors (Lipinski definition) is 5. The standard InChI is InChI=1S/C20H20N4O3S/c1-24(13-16-22-15-10-12-28-19(15)20(27)23-16)18(26)9-11-21-17(25)8-7-14-5-3-2-4-6-14/h2-8,10,12H,9,11,13H2,1H3,(H,21,25)(H,22,23,27)/b8-7+. The summed E-state index contributed by atoms with van der Waals surface area (Å²) in [5, 5.41) is 4.49. The number of thiophene rings is 1. The molecule has 0 spiro atoms. The second kappa shape index (κ2) is 9.09. The van der Waals surface area contributed by atoms with Gasteiger partial charge in [-0.1, -0.05) is 30.3 Å². The average molecular weight is 396 g/mol. The van der Waals surface area contributed by atoms with E-state index in [1.165, 1.54) is 22.3 Å². The number of nitrogens with zero attached hydrogens (tertiary/aromatic N) is 2. The Labute approximate surface area is 165 Å². The van der Waals surface area contributed by atoms with Crippen molar-refractivity contribution in [3.8, 4) is 0 Å². The van der Waals surface area contributed by atoms with Crippen LogP contribution in [-0.2, 0) is 16.1 Å². The number of fused-ring (bicyclic) bond motifs is 1. The Balaban J connectivity index is 1.46. The third-order valence-corrected chi connectivity index (χ3v) is 4.94. The van der Waals surface area contributed by atoms with E-state index >= 15 is 0 Å². The lowest BCUT2D eigenvalue weighted by atomic mass is 10.2. The fourth-order valence-corrected chi connectivity index (χ4v) is 3.31. The maximum Gasteiger partial charge on any atom is 0.268 e. The van der Waals surface area contributed by atoms with Crippen molar-refractivity contribution in [2.75, 3.05) is 13.6 Å². The van der Waals surface area contributed by atoms with Gasteiger partial charge in [0.1, 0.15) is 10.5 Å². The predicted octanol–water partition coefficient (Wildman–Crippen LogP) is 2.16. The smallest absolute Gasteiger partial charge is 0.268 e. The molecule has 2 heterocycles. The largest absolute Gasteiger partial charge is 0.352 e. The number of hydrogen-bond donors (Lipinski definition) is 2. The number of benzene rings is 1. The first-order chi connectivity index (χ1) is 13.5. The monoisotopic (exact) mass is 396 g/mol. The van der Waals surface area contributed by atoms with Crippen LogP contribution in [0.4, 0.5) is 0 Å². The topological polar surface area (TPSA) is 95.2 Å². The first kappa shape index (κ1) is 19.5. The van der Waals surface area contributed by atoms with Crippen molar-refractivity contribution in [1.82, 2.24) is 20.2 Å². The summed E-state index contributed by atoms with van der Waals surface area (Å²) in [6.07, 6.45) is 3.31. The maximum absolute atomic E-state index is 12.2. The Morgan fingerprint density at radius 1 is 1.25 bits per heavy atom. The summed E-state index contributed by atoms with van der Waals surface area (Å²) in [6, 6.07) is 11.3. The van der Waals surface area contributed by atoms with Crippen molar-refractivity contribution < 1.29 is 9.59 Å². The number of aromatic amines is 1. The summed E-state index contributed by atoms with van der Waals surface area (Å²) in [5.74, 6) is 0.0233. The first-order valence-corrected chi connectivity index (χ1v) is 9.62. The average Bonchev–Trinajstić information content (AvgIpc) is 3.16. The van der Waals surface area contributed by atoms with E-state index < -0.39 is 0 Å². The van der Waals surface area contributed by atoms with Gasteiger partial charge in [0.25, 0.3) is 5.56 Å². The van der Waals surface area contributed by atoms with E-state index in [0.717, 1.165) is 5.56 Å². The van der Waals surface area contributed by atoms with Crippen LogP contribution in [0, 0.1) is 0 Å². The maximum atomic E-state index is 12.2. The molecule has 8 heteroatoms. The number of carbonyl (C=O) groups is 2. The quantitative estimate of drug-likeness (QED) is 0.598. The number of rotatable bonds is 7. The lowest BCUT2D eigenvalue weighted by Gasteiger charge is -2.16. The van der Waals surface area contributed by atoms with Gasteiger partial charge in [0, 0.05) is 26.1 Å². The van der Waals surface area contributed by atoms with Crippen LogP contribution in [0.1, 0.15) is 17.8 Å². The molecular weight excluding hydrogens is 376 g/mol. The van der Waals surface area contributed by atoms with Crippen LogP contribution in [0.2, 0.25) is 0 Å². The molecule has 28 heavy (non-hydrogen) atoms. The summed E-state index contributed by atoms with van der Waals surface area (Å²) < 4.78 is 0.573. The summed E-state index contributed by atoms with van der Waals surface area (Å²) >= 11 is 1.33. The van der Waals surface area contributed by atoms with E-state index in [-0.39, 0.29) is 36.9 Å². The van der Waals surface area contributed by atoms with Gasteiger partial charge in [0.15, 0.2) is 0 Å². The van der Waals surface area contributed by atoms with Crippen molar-refractivity contribution in [2.24, 2.45) is 0 Å². The molecule has 3 rings (SSSR count). The predicted molar refractivity (Wildman–Crippen MR) is 110 cm³/mol. The number of aromatic nitrogens is 2. The number of H-pyrrole nitrogens is 1. The van der Waals surface area contributed by atoms with Crippen LogP contribution in [0.15, 0.2) is 52.6 Å². The van der Waals surface area contributed by atoms with Gasteiger partial charge in [-0.2, -0.15) is 0 Å². The minimum Gasteiger partial charge on any atom is -0.352 e. The summed E-state index contributed by atoms with van der Waals surface area (Å²) in [6.45, 7) is 0.427. The van der Waals surface area contributed by atoms with Gasteiger partial charge < -0.3 is 15.2 Å². The number of amides is 2. The number of nitrogens with one attached hydrogen (secondary N) is 2. The van der Waals surface area contributed by atoms with Gasteiger partial charge >= 0.3 is 0 Å². The molecule has 0 aliphatic rings. The normalized spacial score (nSPS) is 11.0. The molecule has 0 atom stereocenters. The fourth-order valence-electron chi connectivity index (χ4n) is 2.59. The van der Waals surface area contributed by atoms with Gasteiger partial charge in [-0.15, -0.1) is 11.3 Å². The van der Waals surface area contributed by atoms with Gasteiger partial charge in [-0.3, -0.25) is 14.4 Å². The summed E-state index contributed by atoms with van der Waals surface area (Å²) in [7, 11) is 1.64. The third kappa shape index (κ3) is 5.14. The minimum atomic E-state index is -0.256. The molecule has 2 amide bonds. The Kier molecular flexibility index (Phi) is 6.33. The second-order valence-corrected chi connectivity index (χ2v) is 7.10. The van der Waals surface area contributed by atoms with Crippen LogP contribution in [0.25, 0.3) is 16.3 Å². The molecule has 2 N–H and O–H groups in total. The molecule has 0 unspecified atom stereocenters. The van der Waals surface area contributed by atoms with Gasteiger partial charge in [0.2, 0.25) is 11.8 Å². The minimum absolute atomic E-state index is 0.152. The highest BCUT2D eigenvalue weighted by atomic mass is 32.1. The van der Waals surface area contributed by atoms with E-state index in [2.05, 4.69) is 15.3 Å². The van der Waals surface area contributed by atoms with Crippen LogP contribution in [-0.4, -0.2) is 40.3 Å². The van der Waals surface area contributed by atoms with Crippen molar-refractivity contribution >= 4 is 39.4 Å². The molecule has 0 radical (unpaired) electrons. The Morgan fingerprint density at radius 2 is 2.04 bits per heavy atom. The van der Waals surface area contributed by atoms with E-state index in [1.807, 2.05) is 30.3 Å². The third-order valence-electron chi connectivity index (χ3n) is 4.04. The van der Waals surface area contributed by atoms with Gasteiger partial charge in [-0.05, 0) is 23.1 Å². The molecule has 0 fully saturated rings. The highest BCUT2D eigenvalue weighted by Crippen LogP contribution is 2.14. The lowest BCUT2D eigenvalue weighted by Crippen LogP contribution is -2.32. The van der Waals surface area contributed by atoms with Crippen LogP contribution < -0.4 is 10.9 Å². The number of carbonyl (C=O) groups excluding carboxylic acids is 2. The lowest BCUT2D eigenvalue weighted by molar-refractivity contribution is -0.130. The fraction of sp³-hybridized carbons (Fsp3) is 0.200. The van der Waals surface area contributed by atoms with Crippen LogP contribution in [0.3, 0.4) is 0 Å². The molecular formula is C20H20N4O3S. The Bertz CT molecular complexity index is 1060. The second-order valence-electron chi connectivity index (χ2n) is 6.18. The molecule has 3 aromatic rings. The van der Waals surface area contributed by atoms with E-state index in [9.17, 15) is 14.4 Å². The molecule has 1 aromatic carbocycles. The highest BCUT2D eigenvalue weighted by Gasteiger charge is 2.12. The van der Waals surface area contributed by atoms with Gasteiger partial charge in [-0.25, -0.2) is 4.98 Å². The van der Waals surface area contributed by atoms with E-state index in [4.69, 9.17) is 0 Å². The molecule has 7 nitrogen and oxygen atoms in total. The van der Waals surface area contributed by atoms with Gasteiger partial charge in [0.05, 0.1) is 12.1 Å². The molecule has 2 aromatic heterocycles. The summed E-state index contributed by atoms with van der Waals surface area (Å²) in [5.41, 5.74) is 1.35.